The summed E-state index contributed by atoms with van der Waals surface area (Å²) in [4.78, 5) is 66.9. The second kappa shape index (κ2) is 16.1. The molecule has 0 aliphatic heterocycles. The van der Waals surface area contributed by atoms with Crippen molar-refractivity contribution in [3.63, 3.8) is 0 Å². The summed E-state index contributed by atoms with van der Waals surface area (Å²) in [6, 6.07) is 6.31. The van der Waals surface area contributed by atoms with Gasteiger partial charge >= 0.3 is 30.2 Å². The van der Waals surface area contributed by atoms with Gasteiger partial charge in [-0.2, -0.15) is 0 Å². The van der Waals surface area contributed by atoms with E-state index in [1.165, 1.54) is 6.07 Å². The molecular formula is C32H45NO11. The zero-order valence-electron chi connectivity index (χ0n) is 27.0. The molecule has 12 nitrogen and oxygen atoms in total. The van der Waals surface area contributed by atoms with E-state index in [0.717, 1.165) is 57.8 Å². The van der Waals surface area contributed by atoms with Gasteiger partial charge in [-0.15, -0.1) is 0 Å². The molecular weight excluding hydrogens is 574 g/mol. The first-order valence-corrected chi connectivity index (χ1v) is 14.8. The predicted molar refractivity (Wildman–Crippen MR) is 160 cm³/mol. The number of methoxy groups -OCH3 is 2. The molecule has 0 radical (unpaired) electrons. The summed E-state index contributed by atoms with van der Waals surface area (Å²) in [5.74, 6) is -5.54. The first kappa shape index (κ1) is 36.1. The maximum atomic E-state index is 13.7. The van der Waals surface area contributed by atoms with Crippen LogP contribution in [0.4, 0.5) is 9.59 Å². The number of carbonyl (C=O) groups is 5. The first-order chi connectivity index (χ1) is 20.8. The summed E-state index contributed by atoms with van der Waals surface area (Å²) in [6.45, 7) is 9.72. The molecule has 0 aliphatic rings. The number of esters is 3. The summed E-state index contributed by atoms with van der Waals surface area (Å²) in [7, 11) is 2.10. The lowest BCUT2D eigenvalue weighted by atomic mass is 9.72. The Morgan fingerprint density at radius 2 is 1.41 bits per heavy atom. The minimum absolute atomic E-state index is 0.0519. The summed E-state index contributed by atoms with van der Waals surface area (Å²) in [5.41, 5.74) is -3.30. The number of carbonyl (C=O) groups excluding carboxylic acids is 5. The van der Waals surface area contributed by atoms with Gasteiger partial charge in [-0.25, -0.2) is 14.2 Å². The van der Waals surface area contributed by atoms with Gasteiger partial charge < -0.3 is 28.4 Å². The SMILES string of the molecule is CCCCCCCCOC(=O)Oc1c([C@H](C(=O)OCC)C(C)(C(=O)OC)C(=O)OC)c2ccccc2n1C(=O)OC(C)(C)C. The average molecular weight is 620 g/mol. The monoisotopic (exact) mass is 619 g/mol. The molecule has 0 unspecified atom stereocenters. The van der Waals surface area contributed by atoms with Gasteiger partial charge in [0.2, 0.25) is 5.88 Å². The van der Waals surface area contributed by atoms with Crippen LogP contribution in [0.2, 0.25) is 0 Å². The Morgan fingerprint density at radius 1 is 0.818 bits per heavy atom. The number of hydrogen-bond acceptors (Lipinski definition) is 11. The third-order valence-corrected chi connectivity index (χ3v) is 6.95. The standard InChI is InChI=1S/C32H45NO11/c1-9-11-12-13-14-17-20-42-30(38)43-25-23(21-18-15-16-19-22(21)33(25)29(37)44-31(3,4)5)24(26(34)41-10-2)32(6,27(35)39-7)28(36)40-8/h15-16,18-19,24H,9-14,17,20H2,1-8H3/t24-/m1/s1. The van der Waals surface area contributed by atoms with Crippen LogP contribution in [0.25, 0.3) is 10.9 Å². The third kappa shape index (κ3) is 8.51. The number of benzene rings is 1. The molecule has 1 aromatic heterocycles. The van der Waals surface area contributed by atoms with Crippen molar-refractivity contribution in [1.29, 1.82) is 0 Å². The normalized spacial score (nSPS) is 12.3. The van der Waals surface area contributed by atoms with Crippen LogP contribution in [0.5, 0.6) is 5.88 Å². The smallest absolute Gasteiger partial charge is 0.468 e. The van der Waals surface area contributed by atoms with E-state index in [0.29, 0.717) is 6.42 Å². The lowest BCUT2D eigenvalue weighted by Gasteiger charge is -2.31. The van der Waals surface area contributed by atoms with Crippen molar-refractivity contribution in [2.24, 2.45) is 5.41 Å². The molecule has 1 heterocycles. The van der Waals surface area contributed by atoms with Crippen molar-refractivity contribution < 1.29 is 52.4 Å². The molecule has 0 aliphatic carbocycles. The Bertz CT molecular complexity index is 1310. The van der Waals surface area contributed by atoms with E-state index >= 15 is 0 Å². The topological polar surface area (TPSA) is 146 Å². The maximum absolute atomic E-state index is 13.7. The maximum Gasteiger partial charge on any atom is 0.515 e. The summed E-state index contributed by atoms with van der Waals surface area (Å²) < 4.78 is 32.8. The zero-order valence-corrected chi connectivity index (χ0v) is 27.0. The van der Waals surface area contributed by atoms with E-state index in [2.05, 4.69) is 6.92 Å². The molecule has 0 bridgehead atoms. The molecule has 244 valence electrons. The number of fused-ring (bicyclic) bond motifs is 1. The van der Waals surface area contributed by atoms with Crippen LogP contribution < -0.4 is 4.74 Å². The number of para-hydroxylation sites is 1. The largest absolute Gasteiger partial charge is 0.515 e. The van der Waals surface area contributed by atoms with Gasteiger partial charge in [-0.05, 0) is 47.1 Å². The highest BCUT2D eigenvalue weighted by atomic mass is 16.7. The van der Waals surface area contributed by atoms with Gasteiger partial charge in [0.15, 0.2) is 5.41 Å². The summed E-state index contributed by atoms with van der Waals surface area (Å²) >= 11 is 0. The van der Waals surface area contributed by atoms with Crippen molar-refractivity contribution in [3.8, 4) is 5.88 Å². The first-order valence-electron chi connectivity index (χ1n) is 14.8. The van der Waals surface area contributed by atoms with Gasteiger partial charge in [-0.3, -0.25) is 14.4 Å². The quantitative estimate of drug-likeness (QED) is 0.102. The van der Waals surface area contributed by atoms with E-state index < -0.39 is 53.0 Å². The highest BCUT2D eigenvalue weighted by molar-refractivity contribution is 6.08. The Balaban J connectivity index is 2.81. The van der Waals surface area contributed by atoms with Gasteiger partial charge in [0.25, 0.3) is 0 Å². The fourth-order valence-corrected chi connectivity index (χ4v) is 4.87. The Kier molecular flexibility index (Phi) is 13.2. The second-order valence-corrected chi connectivity index (χ2v) is 11.4. The molecule has 12 heteroatoms. The van der Waals surface area contributed by atoms with Crippen LogP contribution in [0.15, 0.2) is 24.3 Å². The highest BCUT2D eigenvalue weighted by Crippen LogP contribution is 2.48. The van der Waals surface area contributed by atoms with Crippen molar-refractivity contribution in [2.45, 2.75) is 91.6 Å². The van der Waals surface area contributed by atoms with Crippen LogP contribution in [0, 0.1) is 5.41 Å². The minimum Gasteiger partial charge on any atom is -0.468 e. The lowest BCUT2D eigenvalue weighted by molar-refractivity contribution is -0.175. The van der Waals surface area contributed by atoms with Crippen molar-refractivity contribution in [3.05, 3.63) is 29.8 Å². The molecule has 1 atom stereocenters. The van der Waals surface area contributed by atoms with Crippen LogP contribution in [-0.4, -0.2) is 67.8 Å². The zero-order chi connectivity index (χ0) is 33.1. The Labute approximate surface area is 258 Å². The number of nitrogens with zero attached hydrogens (tertiary/aromatic N) is 1. The molecule has 0 saturated heterocycles. The van der Waals surface area contributed by atoms with Gasteiger partial charge in [-0.1, -0.05) is 57.2 Å². The molecule has 0 amide bonds. The molecule has 2 rings (SSSR count). The molecule has 2 aromatic rings. The van der Waals surface area contributed by atoms with Gasteiger partial charge in [0.1, 0.15) is 11.5 Å². The second-order valence-electron chi connectivity index (χ2n) is 11.4. The summed E-state index contributed by atoms with van der Waals surface area (Å²) in [5, 5.41) is 0.203. The molecule has 0 saturated carbocycles. The summed E-state index contributed by atoms with van der Waals surface area (Å²) in [6.07, 6.45) is 3.63. The van der Waals surface area contributed by atoms with Crippen LogP contribution in [0.3, 0.4) is 0 Å². The van der Waals surface area contributed by atoms with Crippen molar-refractivity contribution >= 4 is 41.1 Å². The number of unbranched alkanes of at least 4 members (excludes halogenated alkanes) is 5. The fraction of sp³-hybridized carbons (Fsp3) is 0.594. The Morgan fingerprint density at radius 3 is 1.98 bits per heavy atom. The molecule has 44 heavy (non-hydrogen) atoms. The molecule has 0 spiro atoms. The van der Waals surface area contributed by atoms with Crippen LogP contribution in [0.1, 0.15) is 91.5 Å². The number of rotatable bonds is 14. The molecule has 0 fully saturated rings. The number of ether oxygens (including phenoxy) is 6. The lowest BCUT2D eigenvalue weighted by Crippen LogP contribution is -2.47. The van der Waals surface area contributed by atoms with Gasteiger partial charge in [0.05, 0.1) is 33.0 Å². The Hall–Kier alpha value is -4.09. The predicted octanol–water partition coefficient (Wildman–Crippen LogP) is 6.30. The van der Waals surface area contributed by atoms with E-state index in [1.54, 1.807) is 45.9 Å². The minimum atomic E-state index is -2.33. The van der Waals surface area contributed by atoms with E-state index in [-0.39, 0.29) is 29.7 Å². The van der Waals surface area contributed by atoms with E-state index in [1.807, 2.05) is 0 Å². The van der Waals surface area contributed by atoms with Crippen LogP contribution in [-0.2, 0) is 38.1 Å². The number of hydrogen-bond donors (Lipinski definition) is 0. The van der Waals surface area contributed by atoms with Crippen molar-refractivity contribution in [1.82, 2.24) is 4.57 Å². The highest BCUT2D eigenvalue weighted by Gasteiger charge is 2.57. The van der Waals surface area contributed by atoms with Gasteiger partial charge in [0, 0.05) is 10.9 Å². The van der Waals surface area contributed by atoms with E-state index in [9.17, 15) is 24.0 Å². The third-order valence-electron chi connectivity index (χ3n) is 6.95. The van der Waals surface area contributed by atoms with Crippen LogP contribution >= 0.6 is 0 Å². The molecule has 1 aromatic carbocycles. The number of aromatic nitrogens is 1. The van der Waals surface area contributed by atoms with E-state index in [4.69, 9.17) is 28.4 Å². The molecule has 0 N–H and O–H groups in total. The fourth-order valence-electron chi connectivity index (χ4n) is 4.87. The van der Waals surface area contributed by atoms with Crippen molar-refractivity contribution in [2.75, 3.05) is 27.4 Å². The average Bonchev–Trinajstić information content (AvgIpc) is 3.28.